The Balaban J connectivity index is 2.06. The van der Waals surface area contributed by atoms with Gasteiger partial charge in [-0.05, 0) is 29.8 Å². The lowest BCUT2D eigenvalue weighted by Crippen LogP contribution is -2.10. The Morgan fingerprint density at radius 2 is 2.17 bits per heavy atom. The summed E-state index contributed by atoms with van der Waals surface area (Å²) in [5, 5.41) is 3.92. The minimum absolute atomic E-state index is 0.364. The van der Waals surface area contributed by atoms with Gasteiger partial charge in [0.25, 0.3) is 0 Å². The van der Waals surface area contributed by atoms with Crippen molar-refractivity contribution in [3.63, 3.8) is 0 Å². The van der Waals surface area contributed by atoms with E-state index in [1.807, 2.05) is 30.3 Å². The second kappa shape index (κ2) is 5.80. The van der Waals surface area contributed by atoms with Crippen LogP contribution in [0.5, 0.6) is 0 Å². The van der Waals surface area contributed by atoms with E-state index in [1.54, 1.807) is 12.3 Å². The van der Waals surface area contributed by atoms with Crippen molar-refractivity contribution in [3.05, 3.63) is 58.7 Å². The Bertz CT molecular complexity index is 572. The van der Waals surface area contributed by atoms with Crippen LogP contribution >= 0.6 is 23.8 Å². The van der Waals surface area contributed by atoms with Gasteiger partial charge in [0.1, 0.15) is 10.8 Å². The van der Waals surface area contributed by atoms with Crippen molar-refractivity contribution in [1.82, 2.24) is 4.98 Å². The predicted molar refractivity (Wildman–Crippen MR) is 78.9 cm³/mol. The molecule has 0 saturated carbocycles. The summed E-state index contributed by atoms with van der Waals surface area (Å²) in [6, 6.07) is 11.3. The number of nitrogens with one attached hydrogen (secondary N) is 1. The first-order chi connectivity index (χ1) is 8.65. The highest BCUT2D eigenvalue weighted by atomic mass is 35.5. The molecule has 0 aliphatic heterocycles. The molecular formula is C13H12ClN3S. The smallest absolute Gasteiger partial charge is 0.126 e. The zero-order chi connectivity index (χ0) is 13.0. The van der Waals surface area contributed by atoms with Crippen molar-refractivity contribution in [2.45, 2.75) is 6.54 Å². The molecule has 2 rings (SSSR count). The summed E-state index contributed by atoms with van der Waals surface area (Å²) in [5.74, 6) is 0.736. The number of pyridine rings is 1. The van der Waals surface area contributed by atoms with Gasteiger partial charge in [-0.2, -0.15) is 0 Å². The molecule has 0 aliphatic rings. The minimum Gasteiger partial charge on any atom is -0.389 e. The summed E-state index contributed by atoms with van der Waals surface area (Å²) in [6.07, 6.45) is 1.68. The van der Waals surface area contributed by atoms with Gasteiger partial charge in [0.15, 0.2) is 0 Å². The molecule has 0 unspecified atom stereocenters. The molecule has 3 nitrogen and oxygen atoms in total. The highest BCUT2D eigenvalue weighted by Crippen LogP contribution is 2.13. The molecule has 0 radical (unpaired) electrons. The maximum Gasteiger partial charge on any atom is 0.126 e. The van der Waals surface area contributed by atoms with Gasteiger partial charge in [0.2, 0.25) is 0 Å². The van der Waals surface area contributed by atoms with Crippen LogP contribution in [-0.2, 0) is 6.54 Å². The number of nitrogens with zero attached hydrogens (tertiary/aromatic N) is 1. The molecule has 1 heterocycles. The van der Waals surface area contributed by atoms with Gasteiger partial charge in [-0.3, -0.25) is 0 Å². The quantitative estimate of drug-likeness (QED) is 0.844. The Kier molecular flexibility index (Phi) is 4.12. The fourth-order valence-corrected chi connectivity index (χ4v) is 1.86. The molecule has 0 atom stereocenters. The van der Waals surface area contributed by atoms with Crippen LogP contribution in [0.4, 0.5) is 5.82 Å². The van der Waals surface area contributed by atoms with Crippen LogP contribution in [0.2, 0.25) is 5.02 Å². The van der Waals surface area contributed by atoms with Crippen LogP contribution in [0.3, 0.4) is 0 Å². The van der Waals surface area contributed by atoms with E-state index in [2.05, 4.69) is 10.3 Å². The van der Waals surface area contributed by atoms with Crippen LogP contribution in [0.25, 0.3) is 0 Å². The zero-order valence-electron chi connectivity index (χ0n) is 9.56. The van der Waals surface area contributed by atoms with Gasteiger partial charge in [-0.15, -0.1) is 0 Å². The maximum atomic E-state index is 5.92. The van der Waals surface area contributed by atoms with E-state index in [0.717, 1.165) is 22.0 Å². The Morgan fingerprint density at radius 3 is 2.89 bits per heavy atom. The topological polar surface area (TPSA) is 50.9 Å². The van der Waals surface area contributed by atoms with Crippen LogP contribution in [0.1, 0.15) is 11.1 Å². The van der Waals surface area contributed by atoms with Crippen molar-refractivity contribution in [2.75, 3.05) is 5.32 Å². The molecule has 0 spiro atoms. The van der Waals surface area contributed by atoms with Crippen molar-refractivity contribution in [3.8, 4) is 0 Å². The van der Waals surface area contributed by atoms with Crippen molar-refractivity contribution >= 4 is 34.6 Å². The van der Waals surface area contributed by atoms with E-state index >= 15 is 0 Å². The van der Waals surface area contributed by atoms with E-state index in [1.165, 1.54) is 0 Å². The van der Waals surface area contributed by atoms with Crippen molar-refractivity contribution in [1.29, 1.82) is 0 Å². The predicted octanol–water partition coefficient (Wildman–Crippen LogP) is 2.98. The third kappa shape index (κ3) is 3.42. The fraction of sp³-hybridized carbons (Fsp3) is 0.0769. The third-order valence-corrected chi connectivity index (χ3v) is 2.88. The summed E-state index contributed by atoms with van der Waals surface area (Å²) in [4.78, 5) is 4.56. The Morgan fingerprint density at radius 1 is 1.33 bits per heavy atom. The molecule has 0 saturated heterocycles. The van der Waals surface area contributed by atoms with Gasteiger partial charge in [0.05, 0.1) is 0 Å². The van der Waals surface area contributed by atoms with Gasteiger partial charge in [0, 0.05) is 23.3 Å². The van der Waals surface area contributed by atoms with E-state index in [0.29, 0.717) is 11.5 Å². The number of anilines is 1. The molecule has 1 aromatic carbocycles. The molecule has 0 fully saturated rings. The molecule has 0 bridgehead atoms. The second-order valence-corrected chi connectivity index (χ2v) is 4.65. The van der Waals surface area contributed by atoms with Gasteiger partial charge in [-0.25, -0.2) is 4.98 Å². The summed E-state index contributed by atoms with van der Waals surface area (Å²) in [5.41, 5.74) is 7.46. The number of rotatable bonds is 4. The zero-order valence-corrected chi connectivity index (χ0v) is 11.1. The molecule has 1 aromatic heterocycles. The summed E-state index contributed by atoms with van der Waals surface area (Å²) >= 11 is 10.8. The SMILES string of the molecule is NC(=S)c1ccnc(NCc2cccc(Cl)c2)c1. The van der Waals surface area contributed by atoms with Crippen LogP contribution in [0, 0.1) is 0 Å². The van der Waals surface area contributed by atoms with Crippen molar-refractivity contribution < 1.29 is 0 Å². The molecular weight excluding hydrogens is 266 g/mol. The van der Waals surface area contributed by atoms with Gasteiger partial charge in [-0.1, -0.05) is 36.0 Å². The van der Waals surface area contributed by atoms with E-state index < -0.39 is 0 Å². The van der Waals surface area contributed by atoms with Gasteiger partial charge < -0.3 is 11.1 Å². The summed E-state index contributed by atoms with van der Waals surface area (Å²) < 4.78 is 0. The van der Waals surface area contributed by atoms with Gasteiger partial charge >= 0.3 is 0 Å². The lowest BCUT2D eigenvalue weighted by Gasteiger charge is -2.07. The van der Waals surface area contributed by atoms with Crippen LogP contribution < -0.4 is 11.1 Å². The monoisotopic (exact) mass is 277 g/mol. The molecule has 0 amide bonds. The summed E-state index contributed by atoms with van der Waals surface area (Å²) in [6.45, 7) is 0.647. The molecule has 5 heteroatoms. The van der Waals surface area contributed by atoms with E-state index in [9.17, 15) is 0 Å². The lowest BCUT2D eigenvalue weighted by atomic mass is 10.2. The molecule has 2 aromatic rings. The Hall–Kier alpha value is -1.65. The highest BCUT2D eigenvalue weighted by molar-refractivity contribution is 7.80. The average molecular weight is 278 g/mol. The maximum absolute atomic E-state index is 5.92. The molecule has 0 aliphatic carbocycles. The normalized spacial score (nSPS) is 10.1. The number of halogens is 1. The number of hydrogen-bond acceptors (Lipinski definition) is 3. The largest absolute Gasteiger partial charge is 0.389 e. The first kappa shape index (κ1) is 12.8. The van der Waals surface area contributed by atoms with Crippen LogP contribution in [-0.4, -0.2) is 9.97 Å². The molecule has 92 valence electrons. The van der Waals surface area contributed by atoms with Crippen molar-refractivity contribution in [2.24, 2.45) is 5.73 Å². The average Bonchev–Trinajstić information content (AvgIpc) is 2.37. The first-order valence-electron chi connectivity index (χ1n) is 5.39. The second-order valence-electron chi connectivity index (χ2n) is 3.78. The standard InChI is InChI=1S/C13H12ClN3S/c14-11-3-1-2-9(6-11)8-17-12-7-10(13(15)18)4-5-16-12/h1-7H,8H2,(H2,15,18)(H,16,17). The van der Waals surface area contributed by atoms with E-state index in [-0.39, 0.29) is 0 Å². The number of hydrogen-bond donors (Lipinski definition) is 2. The molecule has 3 N–H and O–H groups in total. The summed E-state index contributed by atoms with van der Waals surface area (Å²) in [7, 11) is 0. The number of nitrogens with two attached hydrogens (primary N) is 1. The minimum atomic E-state index is 0.364. The lowest BCUT2D eigenvalue weighted by molar-refractivity contribution is 1.11. The number of benzene rings is 1. The van der Waals surface area contributed by atoms with E-state index in [4.69, 9.17) is 29.6 Å². The number of aromatic nitrogens is 1. The Labute approximate surface area is 116 Å². The van der Waals surface area contributed by atoms with Crippen LogP contribution in [0.15, 0.2) is 42.6 Å². The third-order valence-electron chi connectivity index (χ3n) is 2.41. The number of thiocarbonyl (C=S) groups is 1. The molecule has 18 heavy (non-hydrogen) atoms. The first-order valence-corrected chi connectivity index (χ1v) is 6.18. The highest BCUT2D eigenvalue weighted by Gasteiger charge is 2.00. The fourth-order valence-electron chi connectivity index (χ4n) is 1.52.